The molecule has 1 amide bonds. The first kappa shape index (κ1) is 17.8. The fourth-order valence-electron chi connectivity index (χ4n) is 4.29. The zero-order valence-electron chi connectivity index (χ0n) is 16.9. The van der Waals surface area contributed by atoms with Crippen LogP contribution in [0.1, 0.15) is 62.0 Å². The first-order chi connectivity index (χ1) is 12.7. The van der Waals surface area contributed by atoms with Crippen molar-refractivity contribution in [3.63, 3.8) is 0 Å². The maximum atomic E-state index is 12.9. The van der Waals surface area contributed by atoms with E-state index in [1.54, 1.807) is 0 Å². The van der Waals surface area contributed by atoms with Crippen molar-refractivity contribution in [1.82, 2.24) is 4.57 Å². The van der Waals surface area contributed by atoms with Gasteiger partial charge < -0.3 is 9.88 Å². The molecule has 27 heavy (non-hydrogen) atoms. The standard InChI is InChI=1S/C24H28N2O/c1-23(2)11-12-24(3,4)20-15-17(6-8-19(20)23)22(27)25-18-7-9-21-16(14-18)10-13-26(21)5/h6-10,13-15H,11-12H2,1-5H3,(H,25,27). The quantitative estimate of drug-likeness (QED) is 0.617. The highest BCUT2D eigenvalue weighted by atomic mass is 16.1. The minimum atomic E-state index is -0.0488. The number of carbonyl (C=O) groups excluding carboxylic acids is 1. The van der Waals surface area contributed by atoms with Crippen molar-refractivity contribution in [3.05, 3.63) is 65.4 Å². The molecule has 0 aliphatic heterocycles. The molecule has 0 radical (unpaired) electrons. The molecule has 0 saturated heterocycles. The fourth-order valence-corrected chi connectivity index (χ4v) is 4.29. The second-order valence-electron chi connectivity index (χ2n) is 9.18. The van der Waals surface area contributed by atoms with Gasteiger partial charge in [0, 0.05) is 35.4 Å². The molecule has 2 aromatic carbocycles. The summed E-state index contributed by atoms with van der Waals surface area (Å²) in [4.78, 5) is 12.9. The molecular weight excluding hydrogens is 332 g/mol. The number of nitrogens with zero attached hydrogens (tertiary/aromatic N) is 1. The number of benzene rings is 2. The van der Waals surface area contributed by atoms with E-state index in [1.807, 2.05) is 37.5 Å². The largest absolute Gasteiger partial charge is 0.351 e. The summed E-state index contributed by atoms with van der Waals surface area (Å²) in [6, 6.07) is 14.3. The summed E-state index contributed by atoms with van der Waals surface area (Å²) in [6.07, 6.45) is 4.35. The summed E-state index contributed by atoms with van der Waals surface area (Å²) in [5.74, 6) is -0.0488. The lowest BCUT2D eigenvalue weighted by Gasteiger charge is -2.42. The predicted molar refractivity (Wildman–Crippen MR) is 113 cm³/mol. The summed E-state index contributed by atoms with van der Waals surface area (Å²) in [5.41, 5.74) is 5.67. The van der Waals surface area contributed by atoms with E-state index in [0.717, 1.165) is 28.6 Å². The van der Waals surface area contributed by atoms with Crippen LogP contribution in [0.4, 0.5) is 5.69 Å². The van der Waals surface area contributed by atoms with Crippen LogP contribution in [0.25, 0.3) is 10.9 Å². The van der Waals surface area contributed by atoms with Crippen LogP contribution in [-0.2, 0) is 17.9 Å². The van der Waals surface area contributed by atoms with Gasteiger partial charge >= 0.3 is 0 Å². The Labute approximate surface area is 161 Å². The van der Waals surface area contributed by atoms with Crippen molar-refractivity contribution in [2.24, 2.45) is 7.05 Å². The van der Waals surface area contributed by atoms with Gasteiger partial charge in [-0.1, -0.05) is 33.8 Å². The summed E-state index contributed by atoms with van der Waals surface area (Å²) >= 11 is 0. The Hall–Kier alpha value is -2.55. The number of nitrogens with one attached hydrogen (secondary N) is 1. The van der Waals surface area contributed by atoms with E-state index in [-0.39, 0.29) is 16.7 Å². The molecule has 140 valence electrons. The van der Waals surface area contributed by atoms with Crippen molar-refractivity contribution in [1.29, 1.82) is 0 Å². The molecule has 3 nitrogen and oxygen atoms in total. The van der Waals surface area contributed by atoms with Gasteiger partial charge in [0.2, 0.25) is 0 Å². The minimum Gasteiger partial charge on any atom is -0.351 e. The van der Waals surface area contributed by atoms with Crippen LogP contribution in [0, 0.1) is 0 Å². The molecule has 0 spiro atoms. The third kappa shape index (κ3) is 3.05. The Morgan fingerprint density at radius 1 is 0.926 bits per heavy atom. The first-order valence-corrected chi connectivity index (χ1v) is 9.69. The van der Waals surface area contributed by atoms with Crippen molar-refractivity contribution in [2.75, 3.05) is 5.32 Å². The second-order valence-corrected chi connectivity index (χ2v) is 9.18. The zero-order chi connectivity index (χ0) is 19.4. The molecule has 3 aromatic rings. The summed E-state index contributed by atoms with van der Waals surface area (Å²) in [7, 11) is 2.02. The molecule has 1 aliphatic rings. The fraction of sp³-hybridized carbons (Fsp3) is 0.375. The number of aryl methyl sites for hydroxylation is 1. The van der Waals surface area contributed by atoms with Gasteiger partial charge in [-0.05, 0) is 71.2 Å². The summed E-state index contributed by atoms with van der Waals surface area (Å²) in [6.45, 7) is 9.17. The SMILES string of the molecule is Cn1ccc2cc(NC(=O)c3ccc4c(c3)C(C)(C)CCC4(C)C)ccc21. The van der Waals surface area contributed by atoms with Crippen LogP contribution in [0.15, 0.2) is 48.7 Å². The van der Waals surface area contributed by atoms with E-state index in [1.165, 1.54) is 17.5 Å². The van der Waals surface area contributed by atoms with Crippen LogP contribution < -0.4 is 5.32 Å². The Morgan fingerprint density at radius 3 is 2.37 bits per heavy atom. The van der Waals surface area contributed by atoms with Crippen molar-refractivity contribution in [2.45, 2.75) is 51.4 Å². The maximum Gasteiger partial charge on any atom is 0.255 e. The van der Waals surface area contributed by atoms with Gasteiger partial charge in [0.25, 0.3) is 5.91 Å². The van der Waals surface area contributed by atoms with E-state index in [2.05, 4.69) is 55.8 Å². The smallest absolute Gasteiger partial charge is 0.255 e. The Kier molecular flexibility index (Phi) is 3.95. The third-order valence-corrected chi connectivity index (χ3v) is 6.26. The monoisotopic (exact) mass is 360 g/mol. The molecular formula is C24H28N2O. The van der Waals surface area contributed by atoms with Crippen LogP contribution in [0.3, 0.4) is 0 Å². The first-order valence-electron chi connectivity index (χ1n) is 9.69. The van der Waals surface area contributed by atoms with Crippen LogP contribution in [-0.4, -0.2) is 10.5 Å². The highest BCUT2D eigenvalue weighted by Crippen LogP contribution is 2.45. The molecule has 0 saturated carbocycles. The van der Waals surface area contributed by atoms with E-state index in [0.29, 0.717) is 0 Å². The van der Waals surface area contributed by atoms with Crippen LogP contribution >= 0.6 is 0 Å². The Bertz CT molecular complexity index is 1040. The van der Waals surface area contributed by atoms with Gasteiger partial charge in [-0.3, -0.25) is 4.79 Å². The van der Waals surface area contributed by atoms with E-state index in [4.69, 9.17) is 0 Å². The van der Waals surface area contributed by atoms with E-state index < -0.39 is 0 Å². The second kappa shape index (κ2) is 5.98. The van der Waals surface area contributed by atoms with Crippen LogP contribution in [0.5, 0.6) is 0 Å². The maximum absolute atomic E-state index is 12.9. The molecule has 0 bridgehead atoms. The van der Waals surface area contributed by atoms with Gasteiger partial charge in [0.05, 0.1) is 0 Å². The van der Waals surface area contributed by atoms with Crippen molar-refractivity contribution < 1.29 is 4.79 Å². The molecule has 0 unspecified atom stereocenters. The lowest BCUT2D eigenvalue weighted by Crippen LogP contribution is -2.34. The minimum absolute atomic E-state index is 0.0488. The molecule has 1 aromatic heterocycles. The molecule has 1 aliphatic carbocycles. The Balaban J connectivity index is 1.65. The molecule has 1 N–H and O–H groups in total. The number of carbonyl (C=O) groups is 1. The normalized spacial score (nSPS) is 17.5. The number of rotatable bonds is 2. The lowest BCUT2D eigenvalue weighted by molar-refractivity contribution is 0.102. The van der Waals surface area contributed by atoms with E-state index in [9.17, 15) is 4.79 Å². The summed E-state index contributed by atoms with van der Waals surface area (Å²) in [5, 5.41) is 4.19. The van der Waals surface area contributed by atoms with E-state index >= 15 is 0 Å². The highest BCUT2D eigenvalue weighted by Gasteiger charge is 2.37. The number of anilines is 1. The number of aromatic nitrogens is 1. The predicted octanol–water partition coefficient (Wildman–Crippen LogP) is 5.78. The van der Waals surface area contributed by atoms with Crippen LogP contribution in [0.2, 0.25) is 0 Å². The average molecular weight is 361 g/mol. The number of hydrogen-bond donors (Lipinski definition) is 1. The number of amides is 1. The van der Waals surface area contributed by atoms with Gasteiger partial charge in [-0.2, -0.15) is 0 Å². The lowest BCUT2D eigenvalue weighted by atomic mass is 9.63. The zero-order valence-corrected chi connectivity index (χ0v) is 16.9. The van der Waals surface area contributed by atoms with Gasteiger partial charge in [-0.15, -0.1) is 0 Å². The van der Waals surface area contributed by atoms with Gasteiger partial charge in [0.15, 0.2) is 0 Å². The van der Waals surface area contributed by atoms with Crippen molar-refractivity contribution >= 4 is 22.5 Å². The number of hydrogen-bond acceptors (Lipinski definition) is 1. The summed E-state index contributed by atoms with van der Waals surface area (Å²) < 4.78 is 2.08. The molecule has 3 heteroatoms. The topological polar surface area (TPSA) is 34.0 Å². The van der Waals surface area contributed by atoms with Gasteiger partial charge in [-0.25, -0.2) is 0 Å². The highest BCUT2D eigenvalue weighted by molar-refractivity contribution is 6.05. The third-order valence-electron chi connectivity index (χ3n) is 6.26. The molecule has 0 atom stereocenters. The van der Waals surface area contributed by atoms with Gasteiger partial charge in [0.1, 0.15) is 0 Å². The average Bonchev–Trinajstić information content (AvgIpc) is 2.99. The molecule has 4 rings (SSSR count). The van der Waals surface area contributed by atoms with Crippen molar-refractivity contribution in [3.8, 4) is 0 Å². The number of fused-ring (bicyclic) bond motifs is 2. The molecule has 0 fully saturated rings. The Morgan fingerprint density at radius 2 is 1.63 bits per heavy atom. The molecule has 1 heterocycles.